The van der Waals surface area contributed by atoms with Crippen LogP contribution in [0.5, 0.6) is 0 Å². The fraction of sp³-hybridized carbons (Fsp3) is 1.00. The molecule has 2 unspecified atom stereocenters. The molecule has 2 aliphatic carbocycles. The largest absolute Gasteiger partial charge is 0.0890 e. The molecule has 70 valence electrons. The molecule has 0 aromatic rings. The lowest BCUT2D eigenvalue weighted by Crippen LogP contribution is -2.22. The third-order valence-electron chi connectivity index (χ3n) is 4.06. The number of halogens is 1. The van der Waals surface area contributed by atoms with Crippen molar-refractivity contribution < 1.29 is 0 Å². The maximum atomic E-state index is 3.76. The van der Waals surface area contributed by atoms with Gasteiger partial charge in [-0.15, -0.1) is 0 Å². The second-order valence-electron chi connectivity index (χ2n) is 4.98. The third kappa shape index (κ3) is 1.57. The highest BCUT2D eigenvalue weighted by Crippen LogP contribution is 2.51. The van der Waals surface area contributed by atoms with Gasteiger partial charge < -0.3 is 0 Å². The van der Waals surface area contributed by atoms with Gasteiger partial charge in [0, 0.05) is 4.83 Å². The highest BCUT2D eigenvalue weighted by molar-refractivity contribution is 9.09. The molecule has 0 saturated heterocycles. The van der Waals surface area contributed by atoms with Gasteiger partial charge in [-0.3, -0.25) is 0 Å². The van der Waals surface area contributed by atoms with Crippen LogP contribution in [-0.2, 0) is 0 Å². The SMILES string of the molecule is CC1(C2CCCC2)CCC(Br)C1. The van der Waals surface area contributed by atoms with Gasteiger partial charge in [-0.05, 0) is 43.4 Å². The third-order valence-corrected chi connectivity index (χ3v) is 4.84. The quantitative estimate of drug-likeness (QED) is 0.595. The maximum absolute atomic E-state index is 3.76. The molecule has 0 heterocycles. The molecule has 1 heteroatoms. The van der Waals surface area contributed by atoms with Gasteiger partial charge in [0.1, 0.15) is 0 Å². The summed E-state index contributed by atoms with van der Waals surface area (Å²) in [7, 11) is 0. The Morgan fingerprint density at radius 3 is 2.33 bits per heavy atom. The van der Waals surface area contributed by atoms with E-state index in [1.807, 2.05) is 0 Å². The van der Waals surface area contributed by atoms with Crippen molar-refractivity contribution in [2.24, 2.45) is 11.3 Å². The monoisotopic (exact) mass is 230 g/mol. The summed E-state index contributed by atoms with van der Waals surface area (Å²) in [5.41, 5.74) is 0.699. The van der Waals surface area contributed by atoms with Crippen LogP contribution >= 0.6 is 15.9 Å². The number of hydrogen-bond acceptors (Lipinski definition) is 0. The molecule has 12 heavy (non-hydrogen) atoms. The van der Waals surface area contributed by atoms with E-state index in [9.17, 15) is 0 Å². The van der Waals surface area contributed by atoms with Gasteiger partial charge in [0.2, 0.25) is 0 Å². The molecular weight excluding hydrogens is 212 g/mol. The molecule has 0 amide bonds. The van der Waals surface area contributed by atoms with Crippen LogP contribution < -0.4 is 0 Å². The van der Waals surface area contributed by atoms with Crippen molar-refractivity contribution in [2.45, 2.75) is 56.7 Å². The van der Waals surface area contributed by atoms with Crippen molar-refractivity contribution in [3.63, 3.8) is 0 Å². The summed E-state index contributed by atoms with van der Waals surface area (Å²) in [5.74, 6) is 1.06. The molecule has 0 bridgehead atoms. The Morgan fingerprint density at radius 1 is 1.17 bits per heavy atom. The predicted molar refractivity (Wildman–Crippen MR) is 56.6 cm³/mol. The first kappa shape index (κ1) is 9.05. The first-order valence-electron chi connectivity index (χ1n) is 5.35. The lowest BCUT2D eigenvalue weighted by Gasteiger charge is -2.31. The van der Waals surface area contributed by atoms with Crippen molar-refractivity contribution in [1.29, 1.82) is 0 Å². The van der Waals surface area contributed by atoms with Gasteiger partial charge in [0.25, 0.3) is 0 Å². The summed E-state index contributed by atoms with van der Waals surface area (Å²) < 4.78 is 0. The second kappa shape index (κ2) is 3.32. The zero-order valence-corrected chi connectivity index (χ0v) is 9.57. The molecule has 0 spiro atoms. The Morgan fingerprint density at radius 2 is 1.83 bits per heavy atom. The van der Waals surface area contributed by atoms with E-state index in [1.165, 1.54) is 44.9 Å². The summed E-state index contributed by atoms with van der Waals surface area (Å²) in [6.07, 6.45) is 10.3. The first-order valence-corrected chi connectivity index (χ1v) is 6.26. The average molecular weight is 231 g/mol. The number of rotatable bonds is 1. The molecule has 0 radical (unpaired) electrons. The summed E-state index contributed by atoms with van der Waals surface area (Å²) in [6, 6.07) is 0. The second-order valence-corrected chi connectivity index (χ2v) is 6.27. The van der Waals surface area contributed by atoms with Crippen LogP contribution in [0, 0.1) is 11.3 Å². The van der Waals surface area contributed by atoms with Crippen molar-refractivity contribution in [2.75, 3.05) is 0 Å². The smallest absolute Gasteiger partial charge is 0.0151 e. The van der Waals surface area contributed by atoms with Gasteiger partial charge in [0.05, 0.1) is 0 Å². The van der Waals surface area contributed by atoms with Gasteiger partial charge >= 0.3 is 0 Å². The Hall–Kier alpha value is 0.480. The topological polar surface area (TPSA) is 0 Å². The van der Waals surface area contributed by atoms with Gasteiger partial charge in [0.15, 0.2) is 0 Å². The minimum absolute atomic E-state index is 0.699. The summed E-state index contributed by atoms with van der Waals surface area (Å²) in [5, 5.41) is 0. The molecule has 0 aromatic carbocycles. The molecule has 0 aromatic heterocycles. The van der Waals surface area contributed by atoms with Crippen molar-refractivity contribution >= 4 is 15.9 Å². The Bertz CT molecular complexity index is 160. The Balaban J connectivity index is 2.00. The molecule has 2 aliphatic rings. The van der Waals surface area contributed by atoms with E-state index in [2.05, 4.69) is 22.9 Å². The minimum atomic E-state index is 0.699. The highest BCUT2D eigenvalue weighted by atomic mass is 79.9. The van der Waals surface area contributed by atoms with E-state index >= 15 is 0 Å². The summed E-state index contributed by atoms with van der Waals surface area (Å²) >= 11 is 3.76. The van der Waals surface area contributed by atoms with Crippen molar-refractivity contribution in [3.8, 4) is 0 Å². The normalized spacial score (nSPS) is 44.0. The summed E-state index contributed by atoms with van der Waals surface area (Å²) in [6.45, 7) is 2.52. The fourth-order valence-electron chi connectivity index (χ4n) is 3.19. The number of alkyl halides is 1. The Labute approximate surface area is 84.2 Å². The first-order chi connectivity index (χ1) is 5.71. The van der Waals surface area contributed by atoms with Gasteiger partial charge in [-0.2, -0.15) is 0 Å². The zero-order chi connectivity index (χ0) is 8.60. The predicted octanol–water partition coefficient (Wildman–Crippen LogP) is 4.13. The van der Waals surface area contributed by atoms with Crippen LogP contribution in [0.15, 0.2) is 0 Å². The molecule has 0 N–H and O–H groups in total. The molecule has 0 nitrogen and oxygen atoms in total. The van der Waals surface area contributed by atoms with Crippen molar-refractivity contribution in [1.82, 2.24) is 0 Å². The Kier molecular flexibility index (Phi) is 2.51. The average Bonchev–Trinajstić information content (AvgIpc) is 2.59. The molecule has 2 atom stereocenters. The van der Waals surface area contributed by atoms with Crippen LogP contribution in [0.2, 0.25) is 0 Å². The van der Waals surface area contributed by atoms with Crippen LogP contribution in [0.4, 0.5) is 0 Å². The lowest BCUT2D eigenvalue weighted by molar-refractivity contribution is 0.198. The molecule has 2 rings (SSSR count). The molecule has 0 aliphatic heterocycles. The molecular formula is C11H19Br. The molecule has 2 saturated carbocycles. The van der Waals surface area contributed by atoms with E-state index in [4.69, 9.17) is 0 Å². The highest BCUT2D eigenvalue weighted by Gasteiger charge is 2.41. The van der Waals surface area contributed by atoms with E-state index in [0.29, 0.717) is 5.41 Å². The molecule has 2 fully saturated rings. The van der Waals surface area contributed by atoms with Crippen molar-refractivity contribution in [3.05, 3.63) is 0 Å². The minimum Gasteiger partial charge on any atom is -0.0890 e. The van der Waals surface area contributed by atoms with Crippen LogP contribution in [-0.4, -0.2) is 4.83 Å². The van der Waals surface area contributed by atoms with Crippen LogP contribution in [0.25, 0.3) is 0 Å². The van der Waals surface area contributed by atoms with E-state index in [-0.39, 0.29) is 0 Å². The van der Waals surface area contributed by atoms with E-state index in [0.717, 1.165) is 10.7 Å². The number of hydrogen-bond donors (Lipinski definition) is 0. The van der Waals surface area contributed by atoms with E-state index in [1.54, 1.807) is 0 Å². The van der Waals surface area contributed by atoms with Gasteiger partial charge in [-0.1, -0.05) is 35.7 Å². The van der Waals surface area contributed by atoms with Gasteiger partial charge in [-0.25, -0.2) is 0 Å². The standard InChI is InChI=1S/C11H19Br/c1-11(7-6-10(12)8-11)9-4-2-3-5-9/h9-10H,2-8H2,1H3. The fourth-order valence-corrected chi connectivity index (χ4v) is 4.16. The summed E-state index contributed by atoms with van der Waals surface area (Å²) in [4.78, 5) is 0.822. The van der Waals surface area contributed by atoms with Crippen LogP contribution in [0.1, 0.15) is 51.9 Å². The van der Waals surface area contributed by atoms with Crippen LogP contribution in [0.3, 0.4) is 0 Å². The van der Waals surface area contributed by atoms with E-state index < -0.39 is 0 Å². The lowest BCUT2D eigenvalue weighted by atomic mass is 9.75. The zero-order valence-electron chi connectivity index (χ0n) is 7.98. The maximum Gasteiger partial charge on any atom is 0.0151 e.